The lowest BCUT2D eigenvalue weighted by molar-refractivity contribution is -0.149. The van der Waals surface area contributed by atoms with E-state index in [9.17, 15) is 14.7 Å². The molecule has 106 valence electrons. The van der Waals surface area contributed by atoms with Gasteiger partial charge in [-0.2, -0.15) is 0 Å². The Morgan fingerprint density at radius 3 is 2.84 bits per heavy atom. The van der Waals surface area contributed by atoms with E-state index in [2.05, 4.69) is 17.2 Å². The van der Waals surface area contributed by atoms with Gasteiger partial charge >= 0.3 is 5.97 Å². The van der Waals surface area contributed by atoms with Crippen molar-refractivity contribution in [3.63, 3.8) is 0 Å². The van der Waals surface area contributed by atoms with Crippen LogP contribution in [0, 0.1) is 5.92 Å². The molecule has 1 saturated heterocycles. The van der Waals surface area contributed by atoms with E-state index in [1.807, 2.05) is 0 Å². The van der Waals surface area contributed by atoms with Gasteiger partial charge in [-0.25, -0.2) is 4.79 Å². The number of rotatable bonds is 5. The maximum atomic E-state index is 12.1. The zero-order chi connectivity index (χ0) is 14.0. The number of β-amino-alcohol motifs (C(OH)–C–C–N with tert-alkyl or cyclic N) is 1. The Balaban J connectivity index is 2.00. The number of ether oxygens (including phenoxy) is 1. The highest BCUT2D eigenvalue weighted by atomic mass is 16.5. The van der Waals surface area contributed by atoms with Gasteiger partial charge in [-0.05, 0) is 19.8 Å². The van der Waals surface area contributed by atoms with Crippen LogP contribution >= 0.6 is 0 Å². The van der Waals surface area contributed by atoms with Gasteiger partial charge in [0.1, 0.15) is 5.54 Å². The fourth-order valence-corrected chi connectivity index (χ4v) is 2.49. The molecule has 1 aliphatic carbocycles. The lowest BCUT2D eigenvalue weighted by Crippen LogP contribution is -2.51. The maximum Gasteiger partial charge on any atom is 0.332 e. The topological polar surface area (TPSA) is 87.7 Å². The van der Waals surface area contributed by atoms with Gasteiger partial charge in [-0.3, -0.25) is 4.79 Å². The van der Waals surface area contributed by atoms with Crippen LogP contribution in [0.1, 0.15) is 19.8 Å². The molecule has 6 nitrogen and oxygen atoms in total. The molecule has 2 fully saturated rings. The Morgan fingerprint density at radius 1 is 1.63 bits per heavy atom. The van der Waals surface area contributed by atoms with Crippen LogP contribution in [0.25, 0.3) is 0 Å². The molecule has 1 heterocycles. The van der Waals surface area contributed by atoms with Crippen LogP contribution in [0.4, 0.5) is 0 Å². The van der Waals surface area contributed by atoms with Crippen LogP contribution < -0.4 is 10.6 Å². The summed E-state index contributed by atoms with van der Waals surface area (Å²) in [5.41, 5.74) is -0.954. The molecule has 4 atom stereocenters. The summed E-state index contributed by atoms with van der Waals surface area (Å²) in [5, 5.41) is 15.1. The number of hydrogen-bond donors (Lipinski definition) is 3. The molecule has 1 unspecified atom stereocenters. The fourth-order valence-electron chi connectivity index (χ4n) is 2.49. The molecule has 0 aromatic carbocycles. The number of esters is 1. The number of hydrogen-bond acceptors (Lipinski definition) is 5. The zero-order valence-corrected chi connectivity index (χ0v) is 11.0. The average Bonchev–Trinajstić information content (AvgIpc) is 2.92. The molecule has 0 bridgehead atoms. The van der Waals surface area contributed by atoms with Gasteiger partial charge in [-0.1, -0.05) is 6.08 Å². The van der Waals surface area contributed by atoms with E-state index in [1.54, 1.807) is 13.0 Å². The average molecular weight is 268 g/mol. The molecule has 19 heavy (non-hydrogen) atoms. The molecular formula is C13H20N2O4. The number of carbonyl (C=O) groups is 2. The maximum absolute atomic E-state index is 12.1. The predicted molar refractivity (Wildman–Crippen MR) is 68.2 cm³/mol. The monoisotopic (exact) mass is 268 g/mol. The van der Waals surface area contributed by atoms with Crippen molar-refractivity contribution in [2.75, 3.05) is 13.2 Å². The summed E-state index contributed by atoms with van der Waals surface area (Å²) < 4.78 is 5.01. The Kier molecular flexibility index (Phi) is 3.91. The largest absolute Gasteiger partial charge is 0.464 e. The van der Waals surface area contributed by atoms with Crippen molar-refractivity contribution in [3.8, 4) is 0 Å². The third-order valence-electron chi connectivity index (χ3n) is 3.71. The van der Waals surface area contributed by atoms with Crippen molar-refractivity contribution in [3.05, 3.63) is 12.7 Å². The summed E-state index contributed by atoms with van der Waals surface area (Å²) in [7, 11) is 0. The van der Waals surface area contributed by atoms with Crippen LogP contribution in [0.15, 0.2) is 12.7 Å². The molecule has 6 heteroatoms. The second-order valence-corrected chi connectivity index (χ2v) is 5.08. The summed E-state index contributed by atoms with van der Waals surface area (Å²) in [6, 6.07) is -0.452. The minimum atomic E-state index is -0.954. The normalized spacial score (nSPS) is 36.6. The van der Waals surface area contributed by atoms with Crippen molar-refractivity contribution in [2.45, 2.75) is 37.5 Å². The van der Waals surface area contributed by atoms with Gasteiger partial charge in [0.05, 0.1) is 18.8 Å². The Hall–Kier alpha value is -1.40. The molecule has 3 N–H and O–H groups in total. The quantitative estimate of drug-likeness (QED) is 0.455. The van der Waals surface area contributed by atoms with Crippen molar-refractivity contribution in [1.82, 2.24) is 10.6 Å². The molecule has 0 aromatic rings. The summed E-state index contributed by atoms with van der Waals surface area (Å²) in [5.74, 6) is -0.762. The van der Waals surface area contributed by atoms with Gasteiger partial charge < -0.3 is 20.5 Å². The first kappa shape index (κ1) is 14.0. The summed E-state index contributed by atoms with van der Waals surface area (Å²) in [4.78, 5) is 24.0. The third-order valence-corrected chi connectivity index (χ3v) is 3.71. The van der Waals surface area contributed by atoms with Crippen LogP contribution in [0.3, 0.4) is 0 Å². The first-order chi connectivity index (χ1) is 9.03. The number of amides is 1. The van der Waals surface area contributed by atoms with Crippen LogP contribution in [-0.4, -0.2) is 47.8 Å². The second-order valence-electron chi connectivity index (χ2n) is 5.08. The highest BCUT2D eigenvalue weighted by Gasteiger charge is 2.61. The summed E-state index contributed by atoms with van der Waals surface area (Å²) >= 11 is 0. The van der Waals surface area contributed by atoms with Crippen molar-refractivity contribution < 1.29 is 19.4 Å². The molecular weight excluding hydrogens is 248 g/mol. The standard InChI is InChI=1S/C13H20N2O4/c1-3-8-6-13(8,12(18)19-4-2)15-11(17)10-5-9(16)7-14-10/h3,8-10,14,16H,1,4-7H2,2H3,(H,15,17)/t8-,9-,10?,13-/m1/s1. The smallest absolute Gasteiger partial charge is 0.332 e. The molecule has 1 aliphatic heterocycles. The Morgan fingerprint density at radius 2 is 2.37 bits per heavy atom. The Bertz CT molecular complexity index is 398. The van der Waals surface area contributed by atoms with Gasteiger partial charge in [-0.15, -0.1) is 6.58 Å². The highest BCUT2D eigenvalue weighted by Crippen LogP contribution is 2.45. The first-order valence-electron chi connectivity index (χ1n) is 6.56. The number of aliphatic hydroxyl groups excluding tert-OH is 1. The molecule has 0 aromatic heterocycles. The van der Waals surface area contributed by atoms with Crippen molar-refractivity contribution in [1.29, 1.82) is 0 Å². The highest BCUT2D eigenvalue weighted by molar-refractivity contribution is 5.93. The fraction of sp³-hybridized carbons (Fsp3) is 0.692. The molecule has 0 spiro atoms. The molecule has 0 radical (unpaired) electrons. The van der Waals surface area contributed by atoms with E-state index in [4.69, 9.17) is 4.74 Å². The van der Waals surface area contributed by atoms with Crippen LogP contribution in [0.5, 0.6) is 0 Å². The minimum Gasteiger partial charge on any atom is -0.464 e. The molecule has 1 saturated carbocycles. The number of carbonyl (C=O) groups excluding carboxylic acids is 2. The first-order valence-corrected chi connectivity index (χ1v) is 6.56. The van der Waals surface area contributed by atoms with E-state index in [0.29, 0.717) is 19.4 Å². The molecule has 2 rings (SSSR count). The van der Waals surface area contributed by atoms with Gasteiger partial charge in [0, 0.05) is 12.5 Å². The van der Waals surface area contributed by atoms with E-state index in [-0.39, 0.29) is 18.4 Å². The van der Waals surface area contributed by atoms with Crippen molar-refractivity contribution >= 4 is 11.9 Å². The SMILES string of the molecule is C=C[C@@H]1C[C@]1(NC(=O)C1C[C@@H](O)CN1)C(=O)OCC. The van der Waals surface area contributed by atoms with Gasteiger partial charge in [0.25, 0.3) is 0 Å². The minimum absolute atomic E-state index is 0.0816. The van der Waals surface area contributed by atoms with Crippen LogP contribution in [0.2, 0.25) is 0 Å². The van der Waals surface area contributed by atoms with Crippen molar-refractivity contribution in [2.24, 2.45) is 5.92 Å². The predicted octanol–water partition coefficient (Wildman–Crippen LogP) is -0.667. The third kappa shape index (κ3) is 2.64. The van der Waals surface area contributed by atoms with Gasteiger partial charge in [0.2, 0.25) is 5.91 Å². The van der Waals surface area contributed by atoms with E-state index < -0.39 is 23.7 Å². The van der Waals surface area contributed by atoms with E-state index in [1.165, 1.54) is 0 Å². The summed E-state index contributed by atoms with van der Waals surface area (Å²) in [6.45, 7) is 6.07. The van der Waals surface area contributed by atoms with Crippen LogP contribution in [-0.2, 0) is 14.3 Å². The molecule has 1 amide bonds. The second kappa shape index (κ2) is 5.30. The molecule has 2 aliphatic rings. The van der Waals surface area contributed by atoms with E-state index in [0.717, 1.165) is 0 Å². The number of aliphatic hydroxyl groups is 1. The zero-order valence-electron chi connectivity index (χ0n) is 11.0. The lowest BCUT2D eigenvalue weighted by atomic mass is 10.1. The summed E-state index contributed by atoms with van der Waals surface area (Å²) in [6.07, 6.45) is 2.04. The number of nitrogens with one attached hydrogen (secondary N) is 2. The van der Waals surface area contributed by atoms with Gasteiger partial charge in [0.15, 0.2) is 0 Å². The lowest BCUT2D eigenvalue weighted by Gasteiger charge is -2.19. The Labute approximate surface area is 112 Å². The van der Waals surface area contributed by atoms with E-state index >= 15 is 0 Å².